The number of carboxylic acid groups (broad SMARTS) is 1. The first-order chi connectivity index (χ1) is 8.30. The number of sulfonamides is 1. The molecule has 0 amide bonds. The van der Waals surface area contributed by atoms with Crippen LogP contribution in [0.15, 0.2) is 0 Å². The van der Waals surface area contributed by atoms with Gasteiger partial charge in [-0.15, -0.1) is 0 Å². The van der Waals surface area contributed by atoms with Crippen LogP contribution in [0.1, 0.15) is 27.2 Å². The molecular formula is C11H22N2O4S. The number of carboxylic acids is 1. The Balaban J connectivity index is 2.65. The number of rotatable bonds is 5. The minimum atomic E-state index is -3.71. The summed E-state index contributed by atoms with van der Waals surface area (Å²) in [5.41, 5.74) is 0. The monoisotopic (exact) mass is 278 g/mol. The Morgan fingerprint density at radius 2 is 1.72 bits per heavy atom. The maximum Gasteiger partial charge on any atom is 0.323 e. The second kappa shape index (κ2) is 5.99. The molecule has 0 spiro atoms. The van der Waals surface area contributed by atoms with Crippen LogP contribution < -0.4 is 0 Å². The molecule has 1 N–H and O–H groups in total. The first kappa shape index (κ1) is 15.4. The second-order valence-corrected chi connectivity index (χ2v) is 6.97. The number of carbonyl (C=O) groups is 1. The predicted octanol–water partition coefficient (Wildman–Crippen LogP) is 0.205. The SMILES string of the molecule is CCC(C)N1CCN(S(=O)(=O)C(C)C(=O)O)CC1. The van der Waals surface area contributed by atoms with Crippen LogP contribution in [0.25, 0.3) is 0 Å². The van der Waals surface area contributed by atoms with Crippen LogP contribution in [0, 0.1) is 0 Å². The van der Waals surface area contributed by atoms with E-state index in [2.05, 4.69) is 18.7 Å². The average Bonchev–Trinajstić information content (AvgIpc) is 2.36. The summed E-state index contributed by atoms with van der Waals surface area (Å²) in [5, 5.41) is 7.44. The molecule has 1 heterocycles. The molecule has 0 saturated carbocycles. The zero-order valence-electron chi connectivity index (χ0n) is 11.2. The Hall–Kier alpha value is -0.660. The molecule has 1 rings (SSSR count). The van der Waals surface area contributed by atoms with Crippen molar-refractivity contribution in [3.8, 4) is 0 Å². The Morgan fingerprint density at radius 3 is 2.11 bits per heavy atom. The molecule has 0 aliphatic carbocycles. The van der Waals surface area contributed by atoms with Crippen molar-refractivity contribution in [1.82, 2.24) is 9.21 Å². The van der Waals surface area contributed by atoms with E-state index in [1.807, 2.05) is 0 Å². The van der Waals surface area contributed by atoms with Crippen LogP contribution in [0.5, 0.6) is 0 Å². The molecule has 0 aromatic carbocycles. The van der Waals surface area contributed by atoms with Crippen molar-refractivity contribution in [2.45, 2.75) is 38.5 Å². The zero-order valence-corrected chi connectivity index (χ0v) is 12.0. The van der Waals surface area contributed by atoms with E-state index in [1.54, 1.807) is 0 Å². The summed E-state index contributed by atoms with van der Waals surface area (Å²) in [6.45, 7) is 7.53. The van der Waals surface area contributed by atoms with Gasteiger partial charge in [-0.05, 0) is 20.3 Å². The fourth-order valence-corrected chi connectivity index (χ4v) is 3.38. The Kier molecular flexibility index (Phi) is 5.12. The molecule has 2 atom stereocenters. The highest BCUT2D eigenvalue weighted by Gasteiger charge is 2.35. The zero-order chi connectivity index (χ0) is 13.9. The number of hydrogen-bond acceptors (Lipinski definition) is 4. The van der Waals surface area contributed by atoms with Crippen LogP contribution in [-0.2, 0) is 14.8 Å². The topological polar surface area (TPSA) is 77.9 Å². The molecule has 1 saturated heterocycles. The van der Waals surface area contributed by atoms with E-state index >= 15 is 0 Å². The summed E-state index contributed by atoms with van der Waals surface area (Å²) in [7, 11) is -3.71. The third-order valence-electron chi connectivity index (χ3n) is 3.64. The summed E-state index contributed by atoms with van der Waals surface area (Å²) in [6, 6.07) is 0.437. The quantitative estimate of drug-likeness (QED) is 0.777. The maximum atomic E-state index is 12.0. The maximum absolute atomic E-state index is 12.0. The molecule has 7 heteroatoms. The summed E-state index contributed by atoms with van der Waals surface area (Å²) >= 11 is 0. The van der Waals surface area contributed by atoms with Gasteiger partial charge in [0, 0.05) is 32.2 Å². The minimum Gasteiger partial charge on any atom is -0.480 e. The van der Waals surface area contributed by atoms with Crippen molar-refractivity contribution < 1.29 is 18.3 Å². The van der Waals surface area contributed by atoms with Crippen LogP contribution in [0.4, 0.5) is 0 Å². The van der Waals surface area contributed by atoms with Crippen LogP contribution in [-0.4, -0.2) is 66.2 Å². The lowest BCUT2D eigenvalue weighted by molar-refractivity contribution is -0.136. The molecule has 106 valence electrons. The standard InChI is InChI=1S/C11H22N2O4S/c1-4-9(2)12-5-7-13(8-6-12)18(16,17)10(3)11(14)15/h9-10H,4-8H2,1-3H3,(H,14,15). The lowest BCUT2D eigenvalue weighted by atomic mass is 10.2. The molecule has 2 unspecified atom stereocenters. The largest absolute Gasteiger partial charge is 0.480 e. The fourth-order valence-electron chi connectivity index (χ4n) is 2.01. The van der Waals surface area contributed by atoms with E-state index in [9.17, 15) is 13.2 Å². The van der Waals surface area contributed by atoms with Crippen molar-refractivity contribution >= 4 is 16.0 Å². The normalized spacial score (nSPS) is 22.6. The van der Waals surface area contributed by atoms with Crippen LogP contribution >= 0.6 is 0 Å². The predicted molar refractivity (Wildman–Crippen MR) is 68.9 cm³/mol. The highest BCUT2D eigenvalue weighted by molar-refractivity contribution is 7.90. The van der Waals surface area contributed by atoms with Crippen molar-refractivity contribution in [2.24, 2.45) is 0 Å². The van der Waals surface area contributed by atoms with E-state index in [4.69, 9.17) is 5.11 Å². The van der Waals surface area contributed by atoms with Crippen LogP contribution in [0.2, 0.25) is 0 Å². The van der Waals surface area contributed by atoms with Gasteiger partial charge in [-0.1, -0.05) is 6.92 Å². The van der Waals surface area contributed by atoms with Gasteiger partial charge in [-0.25, -0.2) is 8.42 Å². The molecule has 0 aromatic heterocycles. The summed E-state index contributed by atoms with van der Waals surface area (Å²) in [4.78, 5) is 13.0. The molecular weight excluding hydrogens is 256 g/mol. The third-order valence-corrected chi connectivity index (χ3v) is 5.82. The van der Waals surface area contributed by atoms with Crippen molar-refractivity contribution in [3.05, 3.63) is 0 Å². The molecule has 0 radical (unpaired) electrons. The van der Waals surface area contributed by atoms with E-state index in [-0.39, 0.29) is 0 Å². The van der Waals surface area contributed by atoms with Crippen molar-refractivity contribution in [2.75, 3.05) is 26.2 Å². The Labute approximate surface area is 109 Å². The highest BCUT2D eigenvalue weighted by atomic mass is 32.2. The van der Waals surface area contributed by atoms with Gasteiger partial charge in [0.2, 0.25) is 10.0 Å². The van der Waals surface area contributed by atoms with Crippen molar-refractivity contribution in [3.63, 3.8) is 0 Å². The second-order valence-electron chi connectivity index (χ2n) is 4.72. The Bertz CT molecular complexity index is 388. The Morgan fingerprint density at radius 1 is 1.22 bits per heavy atom. The molecule has 18 heavy (non-hydrogen) atoms. The molecule has 0 aromatic rings. The van der Waals surface area contributed by atoms with Gasteiger partial charge in [0.1, 0.15) is 0 Å². The van der Waals surface area contributed by atoms with Gasteiger partial charge >= 0.3 is 5.97 Å². The van der Waals surface area contributed by atoms with Gasteiger partial charge < -0.3 is 5.11 Å². The number of aliphatic carboxylic acids is 1. The number of hydrogen-bond donors (Lipinski definition) is 1. The first-order valence-electron chi connectivity index (χ1n) is 6.26. The summed E-state index contributed by atoms with van der Waals surface area (Å²) in [6.07, 6.45) is 1.03. The van der Waals surface area contributed by atoms with Gasteiger partial charge in [-0.3, -0.25) is 9.69 Å². The van der Waals surface area contributed by atoms with Crippen LogP contribution in [0.3, 0.4) is 0 Å². The van der Waals surface area contributed by atoms with E-state index in [1.165, 1.54) is 11.2 Å². The molecule has 1 aliphatic rings. The summed E-state index contributed by atoms with van der Waals surface area (Å²) < 4.78 is 25.3. The molecule has 0 bridgehead atoms. The number of piperazine rings is 1. The minimum absolute atomic E-state index is 0.379. The van der Waals surface area contributed by atoms with Gasteiger partial charge in [-0.2, -0.15) is 4.31 Å². The average molecular weight is 278 g/mol. The van der Waals surface area contributed by atoms with Gasteiger partial charge in [0.25, 0.3) is 0 Å². The third kappa shape index (κ3) is 3.21. The molecule has 6 nitrogen and oxygen atoms in total. The lowest BCUT2D eigenvalue weighted by Crippen LogP contribution is -2.53. The van der Waals surface area contributed by atoms with E-state index < -0.39 is 21.2 Å². The molecule has 1 fully saturated rings. The van der Waals surface area contributed by atoms with Gasteiger partial charge in [0.15, 0.2) is 5.25 Å². The molecule has 1 aliphatic heterocycles. The fraction of sp³-hybridized carbons (Fsp3) is 0.909. The summed E-state index contributed by atoms with van der Waals surface area (Å²) in [5.74, 6) is -1.29. The lowest BCUT2D eigenvalue weighted by Gasteiger charge is -2.37. The highest BCUT2D eigenvalue weighted by Crippen LogP contribution is 2.15. The van der Waals surface area contributed by atoms with E-state index in [0.29, 0.717) is 32.2 Å². The van der Waals surface area contributed by atoms with Gasteiger partial charge in [0.05, 0.1) is 0 Å². The first-order valence-corrected chi connectivity index (χ1v) is 7.76. The van der Waals surface area contributed by atoms with Crippen molar-refractivity contribution in [1.29, 1.82) is 0 Å². The van der Waals surface area contributed by atoms with E-state index in [0.717, 1.165) is 6.42 Å². The number of nitrogens with zero attached hydrogens (tertiary/aromatic N) is 2. The smallest absolute Gasteiger partial charge is 0.323 e.